The molecule has 0 aliphatic rings. The minimum absolute atomic E-state index is 0.174. The molecule has 0 fully saturated rings. The molecule has 1 amide bonds. The molecule has 4 N–H and O–H groups in total. The smallest absolute Gasteiger partial charge is 0.313 e. The molecule has 0 aliphatic carbocycles. The molecule has 0 aromatic rings. The summed E-state index contributed by atoms with van der Waals surface area (Å²) >= 11 is 0. The highest BCUT2D eigenvalue weighted by molar-refractivity contribution is 5.85. The number of quaternary nitrogens is 1. The number of rotatable bonds is 2. The number of carbonyl (C=O) groups is 1. The fraction of sp³-hybridized carbons (Fsp3) is 0.200. The molecule has 0 unspecified atom stereocenters. The minimum atomic E-state index is -0.174. The highest BCUT2D eigenvalue weighted by Crippen LogP contribution is 1.77. The van der Waals surface area contributed by atoms with E-state index in [-0.39, 0.29) is 12.5 Å². The van der Waals surface area contributed by atoms with Crippen LogP contribution in [-0.4, -0.2) is 12.5 Å². The van der Waals surface area contributed by atoms with E-state index < -0.39 is 0 Å². The van der Waals surface area contributed by atoms with Crippen LogP contribution in [0.1, 0.15) is 0 Å². The zero-order valence-electron chi connectivity index (χ0n) is 4.68. The summed E-state index contributed by atoms with van der Waals surface area (Å²) in [7, 11) is 3.26. The minimum Gasteiger partial charge on any atom is -0.411 e. The number of hydrogen-bond acceptors (Lipinski definition) is 2. The van der Waals surface area contributed by atoms with Crippen molar-refractivity contribution in [3.8, 4) is 0 Å². The van der Waals surface area contributed by atoms with E-state index >= 15 is 0 Å². The van der Waals surface area contributed by atoms with E-state index in [1.807, 2.05) is 0 Å². The summed E-state index contributed by atoms with van der Waals surface area (Å²) in [5.41, 5.74) is 5.48. The third-order valence-electron chi connectivity index (χ3n) is 0.780. The lowest BCUT2D eigenvalue weighted by Gasteiger charge is -1.96. The number of nitrogens with two attached hydrogens (primary N) is 2. The van der Waals surface area contributed by atoms with Crippen LogP contribution in [0.3, 0.4) is 0 Å². The number of hydrogen-bond donors (Lipinski definition) is 2. The van der Waals surface area contributed by atoms with E-state index in [2.05, 4.69) is 13.6 Å². The molecule has 0 saturated heterocycles. The van der Waals surface area contributed by atoms with Gasteiger partial charge in [-0.05, 0) is 0 Å². The Hall–Kier alpha value is -0.670. The zero-order chi connectivity index (χ0) is 6.57. The predicted octanol–water partition coefficient (Wildman–Crippen LogP) is -1.62. The Balaban J connectivity index is 3.64. The first-order chi connectivity index (χ1) is 3.72. The van der Waals surface area contributed by atoms with Crippen LogP contribution in [0.15, 0.2) is 12.2 Å². The molecule has 46 valence electrons. The summed E-state index contributed by atoms with van der Waals surface area (Å²) in [6, 6.07) is 0. The Morgan fingerprint density at radius 1 is 1.88 bits per heavy atom. The van der Waals surface area contributed by atoms with E-state index in [0.29, 0.717) is 5.57 Å². The molecule has 0 aliphatic heterocycles. The lowest BCUT2D eigenvalue weighted by molar-refractivity contribution is -0.503. The standard InChI is InChI=1S/C5H10N2O/c1-4(3-6)5(8)7-2/h1-3,6-7H2. The van der Waals surface area contributed by atoms with Crippen molar-refractivity contribution < 1.29 is 10.1 Å². The van der Waals surface area contributed by atoms with Gasteiger partial charge in [0.25, 0.3) is 0 Å². The van der Waals surface area contributed by atoms with Gasteiger partial charge in [-0.25, -0.2) is 4.79 Å². The van der Waals surface area contributed by atoms with Crippen molar-refractivity contribution >= 4 is 5.91 Å². The van der Waals surface area contributed by atoms with Crippen molar-refractivity contribution in [1.29, 1.82) is 0 Å². The Morgan fingerprint density at radius 2 is 2.38 bits per heavy atom. The van der Waals surface area contributed by atoms with Crippen molar-refractivity contribution in [2.75, 3.05) is 6.54 Å². The average Bonchev–Trinajstić information content (AvgIpc) is 1.84. The van der Waals surface area contributed by atoms with Gasteiger partial charge in [0, 0.05) is 6.54 Å². The van der Waals surface area contributed by atoms with E-state index in [0.717, 1.165) is 0 Å². The van der Waals surface area contributed by atoms with E-state index in [1.165, 1.54) is 5.32 Å². The molecule has 3 heteroatoms. The van der Waals surface area contributed by atoms with Crippen LogP contribution in [0.5, 0.6) is 0 Å². The molecule has 0 atom stereocenters. The summed E-state index contributed by atoms with van der Waals surface area (Å²) in [4.78, 5) is 10.4. The fourth-order valence-corrected chi connectivity index (χ4v) is 0.245. The molecule has 0 rings (SSSR count). The molecule has 8 heavy (non-hydrogen) atoms. The predicted molar refractivity (Wildman–Crippen MR) is 30.5 cm³/mol. The Morgan fingerprint density at radius 3 is 2.50 bits per heavy atom. The van der Waals surface area contributed by atoms with E-state index in [4.69, 9.17) is 5.73 Å². The van der Waals surface area contributed by atoms with Crippen LogP contribution >= 0.6 is 0 Å². The first-order valence-corrected chi connectivity index (χ1v) is 2.27. The van der Waals surface area contributed by atoms with Crippen LogP contribution in [0.4, 0.5) is 0 Å². The molecule has 0 radical (unpaired) electrons. The summed E-state index contributed by atoms with van der Waals surface area (Å²) in [5.74, 6) is -0.174. The monoisotopic (exact) mass is 114 g/mol. The van der Waals surface area contributed by atoms with Gasteiger partial charge in [-0.2, -0.15) is 0 Å². The topological polar surface area (TPSA) is 59.7 Å². The SMILES string of the molecule is C=C(CN)C(=O)[NH2+][CH2-]. The summed E-state index contributed by atoms with van der Waals surface area (Å²) in [6.07, 6.45) is 0. The van der Waals surface area contributed by atoms with Crippen molar-refractivity contribution in [1.82, 2.24) is 0 Å². The van der Waals surface area contributed by atoms with Gasteiger partial charge < -0.3 is 11.1 Å². The van der Waals surface area contributed by atoms with Gasteiger partial charge in [0.15, 0.2) is 0 Å². The molecule has 0 saturated carbocycles. The van der Waals surface area contributed by atoms with Gasteiger partial charge in [0.2, 0.25) is 0 Å². The summed E-state index contributed by atoms with van der Waals surface area (Å²) < 4.78 is 0. The molecule has 0 aromatic heterocycles. The van der Waals surface area contributed by atoms with Crippen LogP contribution in [0.2, 0.25) is 0 Å². The summed E-state index contributed by atoms with van der Waals surface area (Å²) in [6.45, 7) is 3.61. The van der Waals surface area contributed by atoms with Crippen molar-refractivity contribution in [3.63, 3.8) is 0 Å². The van der Waals surface area contributed by atoms with Crippen molar-refractivity contribution in [3.05, 3.63) is 19.2 Å². The molecular weight excluding hydrogens is 104 g/mol. The highest BCUT2D eigenvalue weighted by atomic mass is 16.1. The van der Waals surface area contributed by atoms with Gasteiger partial charge in [0.1, 0.15) is 0 Å². The van der Waals surface area contributed by atoms with Crippen LogP contribution in [0, 0.1) is 7.05 Å². The molecule has 3 nitrogen and oxygen atoms in total. The number of primary amides is 1. The maximum Gasteiger partial charge on any atom is 0.313 e. The highest BCUT2D eigenvalue weighted by Gasteiger charge is 2.00. The van der Waals surface area contributed by atoms with E-state index in [9.17, 15) is 4.79 Å². The largest absolute Gasteiger partial charge is 0.411 e. The van der Waals surface area contributed by atoms with Gasteiger partial charge in [-0.1, -0.05) is 6.58 Å². The molecule has 0 heterocycles. The van der Waals surface area contributed by atoms with Crippen molar-refractivity contribution in [2.45, 2.75) is 0 Å². The van der Waals surface area contributed by atoms with E-state index in [1.54, 1.807) is 0 Å². The second-order valence-electron chi connectivity index (χ2n) is 1.38. The Kier molecular flexibility index (Phi) is 3.07. The maximum atomic E-state index is 10.4. The summed E-state index contributed by atoms with van der Waals surface area (Å²) in [5, 5.41) is 1.20. The normalized spacial score (nSPS) is 8.75. The molecular formula is C5H10N2O. The quantitative estimate of drug-likeness (QED) is 0.335. The zero-order valence-corrected chi connectivity index (χ0v) is 4.68. The first kappa shape index (κ1) is 7.33. The third kappa shape index (κ3) is 1.86. The first-order valence-electron chi connectivity index (χ1n) is 2.27. The lowest BCUT2D eigenvalue weighted by atomic mass is 10.3. The fourth-order valence-electron chi connectivity index (χ4n) is 0.245. The van der Waals surface area contributed by atoms with Gasteiger partial charge in [0.05, 0.1) is 5.57 Å². The van der Waals surface area contributed by atoms with Crippen LogP contribution in [-0.2, 0) is 4.79 Å². The molecule has 0 spiro atoms. The lowest BCUT2D eigenvalue weighted by Crippen LogP contribution is -2.82. The number of carbonyl (C=O) groups excluding carboxylic acids is 1. The second kappa shape index (κ2) is 3.35. The van der Waals surface area contributed by atoms with Crippen LogP contribution in [0.25, 0.3) is 0 Å². The Labute approximate surface area is 48.6 Å². The Bertz CT molecular complexity index is 95.0. The third-order valence-corrected chi connectivity index (χ3v) is 0.780. The molecule has 0 aromatic carbocycles. The van der Waals surface area contributed by atoms with Gasteiger partial charge >= 0.3 is 5.91 Å². The maximum absolute atomic E-state index is 10.4. The van der Waals surface area contributed by atoms with Crippen molar-refractivity contribution in [2.24, 2.45) is 5.73 Å². The van der Waals surface area contributed by atoms with Gasteiger partial charge in [-0.15, -0.1) is 7.05 Å². The number of amides is 1. The molecule has 0 bridgehead atoms. The average molecular weight is 114 g/mol. The second-order valence-corrected chi connectivity index (χ2v) is 1.38. The van der Waals surface area contributed by atoms with Gasteiger partial charge in [-0.3, -0.25) is 0 Å². The van der Waals surface area contributed by atoms with Crippen LogP contribution < -0.4 is 11.1 Å².